The maximum Gasteiger partial charge on any atom is 0.472 e. The van der Waals surface area contributed by atoms with Crippen LogP contribution in [0.15, 0.2) is 0 Å². The third-order valence-corrected chi connectivity index (χ3v) is 20.0. The molecule has 0 radical (unpaired) electrons. The molecule has 0 fully saturated rings. The SMILES string of the molecule is CCCCCCCCCC(=O)OC[C@H](COP(=O)(O)OC[C@H](O)COP(=O)(O)OC[C@@H](COC(=O)CCCCCCCCCCCCCCCCCCC(C)C)OC(=O)CCCCCCCCCCCCCCCCCCC(C)C)OC(=O)CCCCCCCCCCCC(C)C. The van der Waals surface area contributed by atoms with Crippen molar-refractivity contribution >= 4 is 39.5 Å². The molecule has 3 N–H and O–H groups in total. The normalized spacial score (nSPS) is 14.0. The third kappa shape index (κ3) is 72.2. The van der Waals surface area contributed by atoms with E-state index in [1.54, 1.807) is 0 Å². The van der Waals surface area contributed by atoms with Crippen molar-refractivity contribution in [1.29, 1.82) is 0 Å². The van der Waals surface area contributed by atoms with Crippen molar-refractivity contribution in [3.05, 3.63) is 0 Å². The van der Waals surface area contributed by atoms with Gasteiger partial charge in [0.25, 0.3) is 0 Å². The van der Waals surface area contributed by atoms with Gasteiger partial charge in [-0.3, -0.25) is 37.3 Å². The van der Waals surface area contributed by atoms with Crippen molar-refractivity contribution in [2.45, 2.75) is 420 Å². The molecule has 2 unspecified atom stereocenters. The monoisotopic (exact) mass is 1420 g/mol. The predicted octanol–water partition coefficient (Wildman–Crippen LogP) is 23.0. The standard InChI is InChI=1S/C78H152O17P2/c1-8-9-10-11-35-45-52-59-75(80)88-65-73(94-78(83)62-55-48-41-34-28-31-38-44-51-58-71(6)7)67-92-96(84,85)90-63-72(79)64-91-97(86,87)93-68-74(95-77(82)61-54-47-40-33-27-23-19-15-13-17-21-25-30-37-43-50-57-70(4)5)66-89-76(81)60-53-46-39-32-26-22-18-14-12-16-20-24-29-36-42-49-56-69(2)3/h69-74,79H,8-68H2,1-7H3,(H,84,85)(H,86,87)/t72-,73+,74+/m0/s1. The second-order valence-corrected chi connectivity index (χ2v) is 32.4. The zero-order chi connectivity index (χ0) is 71.6. The lowest BCUT2D eigenvalue weighted by Gasteiger charge is -2.21. The van der Waals surface area contributed by atoms with Crippen molar-refractivity contribution in [2.24, 2.45) is 17.8 Å². The van der Waals surface area contributed by atoms with Gasteiger partial charge in [-0.1, -0.05) is 350 Å². The lowest BCUT2D eigenvalue weighted by molar-refractivity contribution is -0.161. The van der Waals surface area contributed by atoms with Gasteiger partial charge >= 0.3 is 39.5 Å². The Hall–Kier alpha value is -1.94. The summed E-state index contributed by atoms with van der Waals surface area (Å²) in [5.41, 5.74) is 0. The summed E-state index contributed by atoms with van der Waals surface area (Å²) in [6.07, 6.45) is 55.7. The van der Waals surface area contributed by atoms with Gasteiger partial charge in [0.05, 0.1) is 26.4 Å². The molecule has 0 heterocycles. The average molecular weight is 1420 g/mol. The fraction of sp³-hybridized carbons (Fsp3) is 0.949. The minimum atomic E-state index is -4.96. The maximum atomic E-state index is 13.1. The Bertz CT molecular complexity index is 1890. The Morgan fingerprint density at radius 3 is 0.701 bits per heavy atom. The molecular weight excluding hydrogens is 1270 g/mol. The van der Waals surface area contributed by atoms with Crippen LogP contribution in [0.25, 0.3) is 0 Å². The summed E-state index contributed by atoms with van der Waals surface area (Å²) >= 11 is 0. The van der Waals surface area contributed by atoms with Crippen LogP contribution in [-0.2, 0) is 65.4 Å². The molecule has 19 heteroatoms. The van der Waals surface area contributed by atoms with Crippen LogP contribution >= 0.6 is 15.6 Å². The largest absolute Gasteiger partial charge is 0.472 e. The highest BCUT2D eigenvalue weighted by Crippen LogP contribution is 2.45. The first-order valence-corrected chi connectivity index (χ1v) is 43.3. The van der Waals surface area contributed by atoms with E-state index in [-0.39, 0.29) is 25.7 Å². The molecule has 0 rings (SSSR count). The third-order valence-electron chi connectivity index (χ3n) is 18.1. The maximum absolute atomic E-state index is 13.1. The van der Waals surface area contributed by atoms with E-state index < -0.39 is 97.5 Å². The molecule has 5 atom stereocenters. The second-order valence-electron chi connectivity index (χ2n) is 29.5. The van der Waals surface area contributed by atoms with Gasteiger partial charge < -0.3 is 33.8 Å². The number of hydrogen-bond acceptors (Lipinski definition) is 15. The van der Waals surface area contributed by atoms with Crippen molar-refractivity contribution in [3.63, 3.8) is 0 Å². The Labute approximate surface area is 594 Å². The molecule has 576 valence electrons. The van der Waals surface area contributed by atoms with Crippen LogP contribution in [0.5, 0.6) is 0 Å². The van der Waals surface area contributed by atoms with Crippen LogP contribution < -0.4 is 0 Å². The summed E-state index contributed by atoms with van der Waals surface area (Å²) in [7, 11) is -9.91. The topological polar surface area (TPSA) is 237 Å². The number of hydrogen-bond donors (Lipinski definition) is 3. The summed E-state index contributed by atoms with van der Waals surface area (Å²) in [6, 6.07) is 0. The summed E-state index contributed by atoms with van der Waals surface area (Å²) < 4.78 is 68.5. The molecule has 17 nitrogen and oxygen atoms in total. The van der Waals surface area contributed by atoms with E-state index >= 15 is 0 Å². The van der Waals surface area contributed by atoms with Crippen LogP contribution in [0.4, 0.5) is 0 Å². The fourth-order valence-corrected chi connectivity index (χ4v) is 13.5. The zero-order valence-corrected chi connectivity index (χ0v) is 65.3. The number of aliphatic hydroxyl groups is 1. The average Bonchev–Trinajstić information content (AvgIpc) is 1.36. The predicted molar refractivity (Wildman–Crippen MR) is 395 cm³/mol. The number of phosphoric acid groups is 2. The molecule has 0 bridgehead atoms. The molecule has 0 amide bonds. The van der Waals surface area contributed by atoms with Gasteiger partial charge in [0.2, 0.25) is 0 Å². The Balaban J connectivity index is 5.18. The Morgan fingerprint density at radius 1 is 0.278 bits per heavy atom. The molecule has 0 aromatic heterocycles. The number of ether oxygens (including phenoxy) is 4. The fourth-order valence-electron chi connectivity index (χ4n) is 12.0. The summed E-state index contributed by atoms with van der Waals surface area (Å²) in [5.74, 6) is 0.238. The molecule has 0 saturated carbocycles. The summed E-state index contributed by atoms with van der Waals surface area (Å²) in [4.78, 5) is 72.7. The van der Waals surface area contributed by atoms with E-state index in [0.29, 0.717) is 25.7 Å². The minimum absolute atomic E-state index is 0.105. The van der Waals surface area contributed by atoms with Crippen molar-refractivity contribution in [3.8, 4) is 0 Å². The molecule has 0 saturated heterocycles. The lowest BCUT2D eigenvalue weighted by Crippen LogP contribution is -2.30. The quantitative estimate of drug-likeness (QED) is 0.0222. The smallest absolute Gasteiger partial charge is 0.462 e. The highest BCUT2D eigenvalue weighted by atomic mass is 31.2. The van der Waals surface area contributed by atoms with E-state index in [2.05, 4.69) is 48.5 Å². The van der Waals surface area contributed by atoms with Gasteiger partial charge in [0.15, 0.2) is 12.2 Å². The minimum Gasteiger partial charge on any atom is -0.462 e. The van der Waals surface area contributed by atoms with Gasteiger partial charge in [-0.15, -0.1) is 0 Å². The molecular formula is C78H152O17P2. The van der Waals surface area contributed by atoms with E-state index in [9.17, 15) is 43.2 Å². The van der Waals surface area contributed by atoms with Gasteiger partial charge in [-0.05, 0) is 43.4 Å². The van der Waals surface area contributed by atoms with Crippen LogP contribution in [0.3, 0.4) is 0 Å². The molecule has 0 spiro atoms. The Kier molecular flexibility index (Phi) is 67.1. The first-order chi connectivity index (χ1) is 46.7. The molecule has 0 aromatic carbocycles. The number of rotatable bonds is 76. The van der Waals surface area contributed by atoms with Gasteiger partial charge in [-0.2, -0.15) is 0 Å². The van der Waals surface area contributed by atoms with Crippen molar-refractivity contribution in [2.75, 3.05) is 39.6 Å². The van der Waals surface area contributed by atoms with Gasteiger partial charge in [0, 0.05) is 25.7 Å². The molecule has 97 heavy (non-hydrogen) atoms. The first kappa shape index (κ1) is 95.1. The van der Waals surface area contributed by atoms with Crippen LogP contribution in [-0.4, -0.2) is 96.7 Å². The van der Waals surface area contributed by atoms with E-state index in [4.69, 9.17) is 37.0 Å². The van der Waals surface area contributed by atoms with Crippen LogP contribution in [0.1, 0.15) is 402 Å². The van der Waals surface area contributed by atoms with Gasteiger partial charge in [0.1, 0.15) is 19.3 Å². The first-order valence-electron chi connectivity index (χ1n) is 40.3. The second kappa shape index (κ2) is 68.5. The number of carbonyl (C=O) groups excluding carboxylic acids is 4. The summed E-state index contributed by atoms with van der Waals surface area (Å²) in [5, 5.41) is 10.6. The van der Waals surface area contributed by atoms with E-state index in [0.717, 1.165) is 120 Å². The zero-order valence-electron chi connectivity index (χ0n) is 63.5. The highest BCUT2D eigenvalue weighted by Gasteiger charge is 2.30. The number of esters is 4. The molecule has 0 aromatic rings. The summed E-state index contributed by atoms with van der Waals surface area (Å²) in [6.45, 7) is 11.9. The number of unbranched alkanes of at least 4 members (excludes halogenated alkanes) is 44. The number of phosphoric ester groups is 2. The number of aliphatic hydroxyl groups excluding tert-OH is 1. The van der Waals surface area contributed by atoms with Crippen molar-refractivity contribution < 1.29 is 80.2 Å². The number of carbonyl (C=O) groups is 4. The van der Waals surface area contributed by atoms with Crippen molar-refractivity contribution in [1.82, 2.24) is 0 Å². The van der Waals surface area contributed by atoms with Crippen LogP contribution in [0.2, 0.25) is 0 Å². The van der Waals surface area contributed by atoms with E-state index in [1.807, 2.05) is 0 Å². The highest BCUT2D eigenvalue weighted by molar-refractivity contribution is 7.47. The molecule has 0 aliphatic rings. The van der Waals surface area contributed by atoms with E-state index in [1.165, 1.54) is 199 Å². The molecule has 0 aliphatic heterocycles. The Morgan fingerprint density at radius 2 is 0.474 bits per heavy atom. The van der Waals surface area contributed by atoms with Gasteiger partial charge in [-0.25, -0.2) is 9.13 Å². The van der Waals surface area contributed by atoms with Crippen LogP contribution in [0, 0.1) is 17.8 Å². The lowest BCUT2D eigenvalue weighted by atomic mass is 10.0. The molecule has 0 aliphatic carbocycles.